The molecule has 10 heteroatoms. The molecule has 0 radical (unpaired) electrons. The van der Waals surface area contributed by atoms with E-state index in [1.807, 2.05) is 16.7 Å². The van der Waals surface area contributed by atoms with Gasteiger partial charge in [0.1, 0.15) is 13.2 Å². The SMILES string of the molecule is Nc1ncn(CCC(N)C2CC2)c2nc(Sc3cc4c(cc3Br)OCCO4)nc1-2. The van der Waals surface area contributed by atoms with Crippen molar-refractivity contribution in [2.75, 3.05) is 18.9 Å². The first-order valence-electron chi connectivity index (χ1n) is 9.59. The van der Waals surface area contributed by atoms with E-state index in [0.29, 0.717) is 35.8 Å². The third-order valence-corrected chi connectivity index (χ3v) is 7.04. The molecule has 29 heavy (non-hydrogen) atoms. The van der Waals surface area contributed by atoms with Gasteiger partial charge in [-0.1, -0.05) is 0 Å². The number of anilines is 1. The molecule has 4 aliphatic rings. The van der Waals surface area contributed by atoms with Gasteiger partial charge in [0, 0.05) is 22.0 Å². The smallest absolute Gasteiger partial charge is 0.195 e. The second-order valence-corrected chi connectivity index (χ2v) is 9.18. The normalized spacial score (nSPS) is 16.9. The van der Waals surface area contributed by atoms with Crippen LogP contribution in [0.3, 0.4) is 0 Å². The van der Waals surface area contributed by atoms with Crippen molar-refractivity contribution in [3.8, 4) is 23.0 Å². The molecule has 1 aromatic rings. The Hall–Kier alpha value is -2.04. The Bertz CT molecular complexity index is 1020. The van der Waals surface area contributed by atoms with E-state index in [4.69, 9.17) is 25.9 Å². The molecule has 152 valence electrons. The number of nitrogen functional groups attached to an aromatic ring is 1. The zero-order valence-electron chi connectivity index (χ0n) is 15.7. The van der Waals surface area contributed by atoms with Crippen molar-refractivity contribution in [1.29, 1.82) is 0 Å². The number of benzene rings is 1. The van der Waals surface area contributed by atoms with E-state index in [1.54, 1.807) is 6.33 Å². The van der Waals surface area contributed by atoms with Crippen LogP contribution in [0.2, 0.25) is 0 Å². The minimum atomic E-state index is 0.223. The molecule has 5 rings (SSSR count). The maximum atomic E-state index is 6.25. The van der Waals surface area contributed by atoms with Gasteiger partial charge in [-0.25, -0.2) is 15.0 Å². The fraction of sp³-hybridized carbons (Fsp3) is 0.421. The molecule has 3 heterocycles. The molecule has 1 atom stereocenters. The Morgan fingerprint density at radius 2 is 1.97 bits per heavy atom. The van der Waals surface area contributed by atoms with Crippen LogP contribution < -0.4 is 20.9 Å². The van der Waals surface area contributed by atoms with E-state index in [0.717, 1.165) is 39.7 Å². The quantitative estimate of drug-likeness (QED) is 0.557. The molecular weight excluding hydrogens is 456 g/mol. The van der Waals surface area contributed by atoms with E-state index in [9.17, 15) is 0 Å². The number of ether oxygens (including phenoxy) is 2. The fourth-order valence-electron chi connectivity index (χ4n) is 3.41. The number of rotatable bonds is 6. The number of fused-ring (bicyclic) bond motifs is 2. The molecular formula is C19H21BrN6O2S. The molecule has 0 bridgehead atoms. The van der Waals surface area contributed by atoms with Crippen LogP contribution in [0, 0.1) is 5.92 Å². The first kappa shape index (κ1) is 19.0. The van der Waals surface area contributed by atoms with Gasteiger partial charge in [-0.3, -0.25) is 0 Å². The predicted molar refractivity (Wildman–Crippen MR) is 113 cm³/mol. The van der Waals surface area contributed by atoms with Crippen molar-refractivity contribution in [2.45, 2.75) is 41.9 Å². The first-order chi connectivity index (χ1) is 14.1. The Labute approximate surface area is 180 Å². The summed E-state index contributed by atoms with van der Waals surface area (Å²) in [6, 6.07) is 4.07. The van der Waals surface area contributed by atoms with E-state index >= 15 is 0 Å². The van der Waals surface area contributed by atoms with Gasteiger partial charge in [0.05, 0.1) is 6.33 Å². The molecule has 1 unspecified atom stereocenters. The molecule has 1 aliphatic carbocycles. The van der Waals surface area contributed by atoms with Gasteiger partial charge in [0.15, 0.2) is 34.0 Å². The monoisotopic (exact) mass is 476 g/mol. The number of hydrogen-bond acceptors (Lipinski definition) is 8. The number of imidazole rings is 1. The van der Waals surface area contributed by atoms with Crippen molar-refractivity contribution in [3.05, 3.63) is 22.9 Å². The highest BCUT2D eigenvalue weighted by Gasteiger charge is 2.28. The second-order valence-electron chi connectivity index (χ2n) is 7.32. The third-order valence-electron chi connectivity index (χ3n) is 5.20. The standard InChI is InChI=1S/C19H21BrN6O2S/c20-11-7-13-14(28-6-5-27-13)8-15(11)29-19-24-16-17(22)23-9-26(18(16)25-19)4-3-12(21)10-1-2-10/h7-10,12H,1-6,21-22H2. The predicted octanol–water partition coefficient (Wildman–Crippen LogP) is 3.17. The molecule has 0 amide bonds. The highest BCUT2D eigenvalue weighted by molar-refractivity contribution is 9.10. The largest absolute Gasteiger partial charge is 0.486 e. The van der Waals surface area contributed by atoms with Crippen LogP contribution in [-0.4, -0.2) is 38.8 Å². The average molecular weight is 477 g/mol. The lowest BCUT2D eigenvalue weighted by Crippen LogP contribution is -2.24. The number of aromatic nitrogens is 4. The summed E-state index contributed by atoms with van der Waals surface area (Å²) in [6.07, 6.45) is 5.09. The molecule has 8 nitrogen and oxygen atoms in total. The van der Waals surface area contributed by atoms with Crippen molar-refractivity contribution < 1.29 is 9.47 Å². The van der Waals surface area contributed by atoms with Crippen molar-refractivity contribution in [1.82, 2.24) is 19.5 Å². The Balaban J connectivity index is 1.41. The van der Waals surface area contributed by atoms with Crippen LogP contribution in [0.5, 0.6) is 11.5 Å². The van der Waals surface area contributed by atoms with E-state index < -0.39 is 0 Å². The van der Waals surface area contributed by atoms with Crippen LogP contribution in [-0.2, 0) is 6.54 Å². The zero-order chi connectivity index (χ0) is 20.0. The Morgan fingerprint density at radius 3 is 2.72 bits per heavy atom. The van der Waals surface area contributed by atoms with Gasteiger partial charge in [0.25, 0.3) is 0 Å². The summed E-state index contributed by atoms with van der Waals surface area (Å²) >= 11 is 5.04. The van der Waals surface area contributed by atoms with Crippen molar-refractivity contribution in [3.63, 3.8) is 0 Å². The lowest BCUT2D eigenvalue weighted by atomic mass is 10.1. The highest BCUT2D eigenvalue weighted by atomic mass is 79.9. The molecule has 0 aromatic heterocycles. The number of nitrogens with zero attached hydrogens (tertiary/aromatic N) is 4. The lowest BCUT2D eigenvalue weighted by Gasteiger charge is -2.19. The fourth-order valence-corrected chi connectivity index (χ4v) is 4.77. The topological polar surface area (TPSA) is 114 Å². The van der Waals surface area contributed by atoms with Gasteiger partial charge in [-0.05, 0) is 65.0 Å². The zero-order valence-corrected chi connectivity index (χ0v) is 18.1. The summed E-state index contributed by atoms with van der Waals surface area (Å²) < 4.78 is 14.2. The maximum Gasteiger partial charge on any atom is 0.195 e. The van der Waals surface area contributed by atoms with Gasteiger partial charge >= 0.3 is 0 Å². The molecule has 3 aliphatic heterocycles. The summed E-state index contributed by atoms with van der Waals surface area (Å²) in [7, 11) is 0. The Kier molecular flexibility index (Phi) is 5.00. The summed E-state index contributed by atoms with van der Waals surface area (Å²) in [5.41, 5.74) is 12.9. The highest BCUT2D eigenvalue weighted by Crippen LogP contribution is 2.42. The minimum Gasteiger partial charge on any atom is -0.486 e. The van der Waals surface area contributed by atoms with Crippen LogP contribution >= 0.6 is 27.7 Å². The first-order valence-corrected chi connectivity index (χ1v) is 11.2. The summed E-state index contributed by atoms with van der Waals surface area (Å²) in [5.74, 6) is 3.24. The third kappa shape index (κ3) is 3.88. The second kappa shape index (κ2) is 7.66. The van der Waals surface area contributed by atoms with Crippen LogP contribution in [0.15, 0.2) is 33.0 Å². The summed E-state index contributed by atoms with van der Waals surface area (Å²) in [5, 5.41) is 0.609. The molecule has 4 N–H and O–H groups in total. The number of nitrogens with two attached hydrogens (primary N) is 2. The van der Waals surface area contributed by atoms with Gasteiger partial charge < -0.3 is 25.5 Å². The number of halogens is 1. The molecule has 1 aromatic carbocycles. The number of aryl methyl sites for hydroxylation is 1. The molecule has 1 saturated carbocycles. The summed E-state index contributed by atoms with van der Waals surface area (Å²) in [6.45, 7) is 1.85. The van der Waals surface area contributed by atoms with E-state index in [2.05, 4.69) is 25.9 Å². The number of hydrogen-bond donors (Lipinski definition) is 2. The summed E-state index contributed by atoms with van der Waals surface area (Å²) in [4.78, 5) is 14.6. The minimum absolute atomic E-state index is 0.223. The average Bonchev–Trinajstić information content (AvgIpc) is 3.48. The van der Waals surface area contributed by atoms with Gasteiger partial charge in [-0.2, -0.15) is 0 Å². The molecule has 1 fully saturated rings. The van der Waals surface area contributed by atoms with Crippen LogP contribution in [0.25, 0.3) is 11.5 Å². The van der Waals surface area contributed by atoms with E-state index in [1.165, 1.54) is 24.6 Å². The molecule has 0 saturated heterocycles. The van der Waals surface area contributed by atoms with Crippen LogP contribution in [0.4, 0.5) is 5.82 Å². The van der Waals surface area contributed by atoms with Crippen molar-refractivity contribution >= 4 is 33.5 Å². The van der Waals surface area contributed by atoms with E-state index in [-0.39, 0.29) is 6.04 Å². The van der Waals surface area contributed by atoms with Crippen molar-refractivity contribution in [2.24, 2.45) is 11.7 Å². The lowest BCUT2D eigenvalue weighted by molar-refractivity contribution is 0.171. The van der Waals surface area contributed by atoms with Gasteiger partial charge in [0.2, 0.25) is 0 Å². The molecule has 0 spiro atoms. The van der Waals surface area contributed by atoms with Crippen LogP contribution in [0.1, 0.15) is 19.3 Å². The Morgan fingerprint density at radius 1 is 1.21 bits per heavy atom. The maximum absolute atomic E-state index is 6.25. The van der Waals surface area contributed by atoms with Gasteiger partial charge in [-0.15, -0.1) is 0 Å².